The fourth-order valence-electron chi connectivity index (χ4n) is 9.56. The first-order valence-electron chi connectivity index (χ1n) is 27.2. The van der Waals surface area contributed by atoms with Crippen molar-refractivity contribution in [3.63, 3.8) is 0 Å². The highest BCUT2D eigenvalue weighted by molar-refractivity contribution is 5.89. The number of hydrogen-bond donors (Lipinski definition) is 6. The van der Waals surface area contributed by atoms with Gasteiger partial charge in [0.1, 0.15) is 23.0 Å². The van der Waals surface area contributed by atoms with Crippen LogP contribution in [-0.4, -0.2) is 48.6 Å². The van der Waals surface area contributed by atoms with Crippen molar-refractivity contribution >= 4 is 23.4 Å². The molecule has 10 heteroatoms. The van der Waals surface area contributed by atoms with Gasteiger partial charge in [0.15, 0.2) is 0 Å². The van der Waals surface area contributed by atoms with Crippen LogP contribution in [0.4, 0.5) is 21.0 Å². The highest BCUT2D eigenvalue weighted by Gasteiger charge is 2.29. The summed E-state index contributed by atoms with van der Waals surface area (Å²) in [5.74, 6) is 7.00. The van der Waals surface area contributed by atoms with E-state index in [-0.39, 0.29) is 45.2 Å². The summed E-state index contributed by atoms with van der Waals surface area (Å²) < 4.78 is 13.8. The molecule has 0 spiro atoms. The third-order valence-corrected chi connectivity index (χ3v) is 14.3. The van der Waals surface area contributed by atoms with Crippen LogP contribution in [0, 0.1) is 24.7 Å². The predicted molar refractivity (Wildman–Crippen MR) is 318 cm³/mol. The van der Waals surface area contributed by atoms with Crippen LogP contribution in [0.1, 0.15) is 174 Å². The number of aromatic hydroxyl groups is 2. The number of nitrogens with one attached hydrogen (secondary N) is 4. The molecule has 6 aromatic carbocycles. The van der Waals surface area contributed by atoms with Gasteiger partial charge in [0.2, 0.25) is 0 Å². The maximum atomic E-state index is 12.9. The number of terminal acetylenes is 2. The van der Waals surface area contributed by atoms with Crippen LogP contribution in [0.25, 0.3) is 0 Å². The molecule has 6 aromatic rings. The molecule has 4 amide bonds. The molecular formula is C68H80N4O6. The summed E-state index contributed by atoms with van der Waals surface area (Å²) in [5.41, 5.74) is 12.8. The maximum Gasteiger partial charge on any atom is 0.319 e. The number of hydrogen-bond acceptors (Lipinski definition) is 6. The molecule has 6 N–H and O–H groups in total. The van der Waals surface area contributed by atoms with E-state index < -0.39 is 0 Å². The van der Waals surface area contributed by atoms with Crippen molar-refractivity contribution in [3.05, 3.63) is 175 Å². The molecule has 408 valence electrons. The number of anilines is 2. The van der Waals surface area contributed by atoms with E-state index in [1.807, 2.05) is 0 Å². The average molecular weight is 1050 g/mol. The molecule has 10 nitrogen and oxygen atoms in total. The van der Waals surface area contributed by atoms with Crippen molar-refractivity contribution in [2.75, 3.05) is 36.9 Å². The second-order valence-corrected chi connectivity index (χ2v) is 24.8. The summed E-state index contributed by atoms with van der Waals surface area (Å²) in [6, 6.07) is 30.9. The Morgan fingerprint density at radius 1 is 0.449 bits per heavy atom. The molecule has 1 aliphatic carbocycles. The van der Waals surface area contributed by atoms with Crippen LogP contribution in [0.3, 0.4) is 0 Å². The second kappa shape index (κ2) is 23.8. The molecular weight excluding hydrogens is 969 g/mol. The van der Waals surface area contributed by atoms with Crippen LogP contribution in [0.2, 0.25) is 0 Å². The molecule has 0 saturated heterocycles. The number of amides is 4. The van der Waals surface area contributed by atoms with E-state index in [9.17, 15) is 19.8 Å². The van der Waals surface area contributed by atoms with Crippen molar-refractivity contribution in [2.45, 2.75) is 143 Å². The van der Waals surface area contributed by atoms with Crippen LogP contribution in [0.5, 0.6) is 23.0 Å². The summed E-state index contributed by atoms with van der Waals surface area (Å²) in [6.07, 6.45) is 13.5. The quantitative estimate of drug-likeness (QED) is 0.0532. The summed E-state index contributed by atoms with van der Waals surface area (Å²) in [4.78, 5) is 25.9. The summed E-state index contributed by atoms with van der Waals surface area (Å²) in [7, 11) is 0. The Kier molecular flexibility index (Phi) is 17.7. The average Bonchev–Trinajstić information content (AvgIpc) is 3.38. The van der Waals surface area contributed by atoms with E-state index >= 15 is 0 Å². The summed E-state index contributed by atoms with van der Waals surface area (Å²) in [6.45, 7) is 27.6. The molecule has 0 fully saturated rings. The zero-order valence-electron chi connectivity index (χ0n) is 48.0. The van der Waals surface area contributed by atoms with Gasteiger partial charge in [0.25, 0.3) is 0 Å². The van der Waals surface area contributed by atoms with Crippen molar-refractivity contribution in [1.29, 1.82) is 0 Å². The number of urea groups is 2. The van der Waals surface area contributed by atoms with Gasteiger partial charge in [-0.25, -0.2) is 9.59 Å². The monoisotopic (exact) mass is 1050 g/mol. The molecule has 7 rings (SSSR count). The molecule has 0 saturated carbocycles. The minimum absolute atomic E-state index is 0.211. The van der Waals surface area contributed by atoms with Gasteiger partial charge in [-0.05, 0) is 150 Å². The third kappa shape index (κ3) is 14.8. The Bertz CT molecular complexity index is 2920. The molecule has 78 heavy (non-hydrogen) atoms. The zero-order valence-corrected chi connectivity index (χ0v) is 48.0. The second-order valence-electron chi connectivity index (χ2n) is 24.8. The zero-order chi connectivity index (χ0) is 56.7. The normalized spacial score (nSPS) is 12.6. The van der Waals surface area contributed by atoms with Gasteiger partial charge in [-0.1, -0.05) is 143 Å². The van der Waals surface area contributed by atoms with E-state index in [4.69, 9.17) is 22.3 Å². The van der Waals surface area contributed by atoms with Crippen molar-refractivity contribution < 1.29 is 29.3 Å². The van der Waals surface area contributed by atoms with Crippen LogP contribution < -0.4 is 30.7 Å². The summed E-state index contributed by atoms with van der Waals surface area (Å²) >= 11 is 0. The first-order valence-corrected chi connectivity index (χ1v) is 27.2. The number of phenols is 2. The van der Waals surface area contributed by atoms with E-state index in [0.717, 1.165) is 77.9 Å². The SMILES string of the molecule is C#Cc1ccc(NC(=O)NCCCOc2c3cc(C(C)(C)C)cc2Cc2cc(C(C)(C)C)cc(c2O)Cc2cc(C(C)(C)C)cc(c2OCCCNC(=O)Nc2ccc(C#C)cc2)Cc2cc(C(C)(C)C)cc(c2O)C3)cc1. The summed E-state index contributed by atoms with van der Waals surface area (Å²) in [5, 5.41) is 37.1. The van der Waals surface area contributed by atoms with E-state index in [1.54, 1.807) is 48.5 Å². The molecule has 0 aliphatic heterocycles. The lowest BCUT2D eigenvalue weighted by Crippen LogP contribution is -2.30. The molecule has 1 aliphatic rings. The Labute approximate surface area is 464 Å². The lowest BCUT2D eigenvalue weighted by Gasteiger charge is -2.28. The fraction of sp³-hybridized carbons (Fsp3) is 0.382. The number of carbonyl (C=O) groups excluding carboxylic acids is 2. The van der Waals surface area contributed by atoms with Crippen molar-refractivity contribution in [2.24, 2.45) is 0 Å². The number of rotatable bonds is 12. The van der Waals surface area contributed by atoms with E-state index in [2.05, 4.69) is 165 Å². The van der Waals surface area contributed by atoms with Gasteiger partial charge in [0, 0.05) is 61.3 Å². The van der Waals surface area contributed by atoms with Gasteiger partial charge in [-0.15, -0.1) is 12.8 Å². The van der Waals surface area contributed by atoms with Gasteiger partial charge in [-0.2, -0.15) is 0 Å². The fourth-order valence-corrected chi connectivity index (χ4v) is 9.56. The Morgan fingerprint density at radius 2 is 0.705 bits per heavy atom. The van der Waals surface area contributed by atoms with Gasteiger partial charge >= 0.3 is 12.1 Å². The number of carbonyl (C=O) groups is 2. The highest BCUT2D eigenvalue weighted by Crippen LogP contribution is 2.44. The van der Waals surface area contributed by atoms with Crippen LogP contribution in [-0.2, 0) is 47.3 Å². The predicted octanol–water partition coefficient (Wildman–Crippen LogP) is 14.1. The number of phenolic OH excluding ortho intramolecular Hbond substituents is 2. The van der Waals surface area contributed by atoms with Crippen molar-refractivity contribution in [1.82, 2.24) is 10.6 Å². The van der Waals surface area contributed by atoms with Gasteiger partial charge in [0.05, 0.1) is 13.2 Å². The minimum Gasteiger partial charge on any atom is -0.507 e. The number of ether oxygens (including phenoxy) is 2. The van der Waals surface area contributed by atoms with Crippen LogP contribution >= 0.6 is 0 Å². The Hall–Kier alpha value is -7.82. The van der Waals surface area contributed by atoms with E-state index in [0.29, 0.717) is 87.7 Å². The molecule has 0 aromatic heterocycles. The first kappa shape index (κ1) is 57.9. The molecule has 0 atom stereocenters. The molecule has 0 radical (unpaired) electrons. The smallest absolute Gasteiger partial charge is 0.319 e. The third-order valence-electron chi connectivity index (χ3n) is 14.3. The van der Waals surface area contributed by atoms with Crippen LogP contribution in [0.15, 0.2) is 97.1 Å². The lowest BCUT2D eigenvalue weighted by atomic mass is 9.79. The molecule has 0 heterocycles. The first-order chi connectivity index (χ1) is 36.7. The molecule has 8 bridgehead atoms. The van der Waals surface area contributed by atoms with Crippen molar-refractivity contribution in [3.8, 4) is 47.7 Å². The Balaban J connectivity index is 1.32. The Morgan fingerprint density at radius 3 is 0.949 bits per heavy atom. The largest absolute Gasteiger partial charge is 0.507 e. The number of benzene rings is 6. The number of fused-ring (bicyclic) bond motifs is 8. The lowest BCUT2D eigenvalue weighted by molar-refractivity contribution is 0.249. The van der Waals surface area contributed by atoms with Gasteiger partial charge < -0.3 is 41.0 Å². The highest BCUT2D eigenvalue weighted by atomic mass is 16.5. The standard InChI is InChI=1S/C68H80N4O6/c1-15-43-19-23-57(24-20-43)71-63(75)69-27-17-29-77-61-49-31-45-35-53(65(3,4)5)37-47(59(45)73)33-51-41-56(68(12,13)14)42-52(62(51)78-30-18-28-70-64(76)72-58-25-21-44(16-2)22-26-58)34-48-38-54(66(6,7)8)36-46(60(48)74)32-50(61)40-55(39-49)67(9,10)11/h1-2,19-26,35-42,73-74H,17-18,27-34H2,3-14H3,(H2,69,71,75)(H2,70,72,76). The maximum absolute atomic E-state index is 12.9. The van der Waals surface area contributed by atoms with Gasteiger partial charge in [-0.3, -0.25) is 0 Å². The van der Waals surface area contributed by atoms with E-state index in [1.165, 1.54) is 0 Å². The molecule has 0 unspecified atom stereocenters. The topological polar surface area (TPSA) is 141 Å². The minimum atomic E-state index is -0.332.